The quantitative estimate of drug-likeness (QED) is 0.869. The molecule has 0 saturated heterocycles. The third kappa shape index (κ3) is 3.88. The van der Waals surface area contributed by atoms with Gasteiger partial charge in [-0.25, -0.2) is 4.98 Å². The van der Waals surface area contributed by atoms with Crippen molar-refractivity contribution in [1.82, 2.24) is 4.98 Å². The van der Waals surface area contributed by atoms with E-state index < -0.39 is 23.9 Å². The van der Waals surface area contributed by atoms with Crippen molar-refractivity contribution >= 4 is 11.3 Å². The van der Waals surface area contributed by atoms with Gasteiger partial charge < -0.3 is 9.84 Å². The Morgan fingerprint density at radius 3 is 2.24 bits per heavy atom. The molecular weight excluding hydrogens is 317 g/mol. The van der Waals surface area contributed by atoms with Crippen molar-refractivity contribution in [2.75, 3.05) is 0 Å². The largest absolute Gasteiger partial charge is 0.443 e. The summed E-state index contributed by atoms with van der Waals surface area (Å²) in [7, 11) is 0. The molecule has 0 aliphatic carbocycles. The lowest BCUT2D eigenvalue weighted by Crippen LogP contribution is -2.03. The Bertz CT molecular complexity index is 596. The predicted octanol–water partition coefficient (Wildman–Crippen LogP) is 3.85. The van der Waals surface area contributed by atoms with E-state index in [0.29, 0.717) is 11.3 Å². The number of thiazole rings is 1. The number of halogens is 5. The molecule has 1 unspecified atom stereocenters. The molecule has 0 spiro atoms. The highest BCUT2D eigenvalue weighted by molar-refractivity contribution is 7.11. The van der Waals surface area contributed by atoms with Crippen LogP contribution in [0.2, 0.25) is 0 Å². The molecule has 0 bridgehead atoms. The van der Waals surface area contributed by atoms with E-state index in [1.807, 2.05) is 0 Å². The summed E-state index contributed by atoms with van der Waals surface area (Å²) in [4.78, 5) is 3.21. The Labute approximate surface area is 119 Å². The zero-order chi connectivity index (χ0) is 15.6. The van der Waals surface area contributed by atoms with Crippen LogP contribution in [0.15, 0.2) is 30.5 Å². The van der Waals surface area contributed by atoms with Crippen LogP contribution in [0, 0.1) is 0 Å². The van der Waals surface area contributed by atoms with E-state index in [0.717, 1.165) is 6.20 Å². The minimum absolute atomic E-state index is 0.00449. The third-order valence-corrected chi connectivity index (χ3v) is 3.55. The second-order valence-corrected chi connectivity index (χ2v) is 4.98. The van der Waals surface area contributed by atoms with Crippen LogP contribution in [-0.2, 0) is 6.18 Å². The van der Waals surface area contributed by atoms with Crippen LogP contribution in [0.4, 0.5) is 22.0 Å². The lowest BCUT2D eigenvalue weighted by atomic mass is 10.1. The fraction of sp³-hybridized carbons (Fsp3) is 0.250. The van der Waals surface area contributed by atoms with Crippen LogP contribution < -0.4 is 4.74 Å². The number of alkyl halides is 5. The van der Waals surface area contributed by atoms with Gasteiger partial charge in [0.15, 0.2) is 5.01 Å². The Hall–Kier alpha value is -1.74. The van der Waals surface area contributed by atoms with Crippen molar-refractivity contribution in [2.24, 2.45) is 0 Å². The van der Waals surface area contributed by atoms with E-state index in [-0.39, 0.29) is 16.2 Å². The normalized spacial score (nSPS) is 13.5. The van der Waals surface area contributed by atoms with E-state index in [1.54, 1.807) is 0 Å². The number of ether oxygens (including phenoxy) is 1. The van der Waals surface area contributed by atoms with Gasteiger partial charge in [-0.05, 0) is 17.7 Å². The maximum Gasteiger partial charge on any atom is 0.443 e. The molecule has 0 aliphatic heterocycles. The second-order valence-electron chi connectivity index (χ2n) is 3.92. The molecule has 2 rings (SSSR count). The zero-order valence-corrected chi connectivity index (χ0v) is 11.0. The van der Waals surface area contributed by atoms with Gasteiger partial charge in [-0.2, -0.15) is 22.0 Å². The number of rotatable bonds is 4. The van der Waals surface area contributed by atoms with Gasteiger partial charge in [0, 0.05) is 6.20 Å². The van der Waals surface area contributed by atoms with Gasteiger partial charge in [0.1, 0.15) is 11.9 Å². The van der Waals surface area contributed by atoms with Gasteiger partial charge >= 0.3 is 12.8 Å². The van der Waals surface area contributed by atoms with Gasteiger partial charge in [-0.3, -0.25) is 0 Å². The molecule has 1 N–H and O–H groups in total. The number of benzene rings is 1. The topological polar surface area (TPSA) is 42.4 Å². The lowest BCUT2D eigenvalue weighted by molar-refractivity contribution is -0.137. The van der Waals surface area contributed by atoms with E-state index in [4.69, 9.17) is 0 Å². The van der Waals surface area contributed by atoms with Crippen LogP contribution in [0.1, 0.15) is 21.6 Å². The summed E-state index contributed by atoms with van der Waals surface area (Å²) >= 11 is 0.320. The highest BCUT2D eigenvalue weighted by Crippen LogP contribution is 2.36. The first-order valence-corrected chi connectivity index (χ1v) is 6.35. The van der Waals surface area contributed by atoms with E-state index >= 15 is 0 Å². The van der Waals surface area contributed by atoms with E-state index in [1.165, 1.54) is 24.3 Å². The summed E-state index contributed by atoms with van der Waals surface area (Å²) in [5.74, 6) is -0.110. The Balaban J connectivity index is 2.16. The van der Waals surface area contributed by atoms with E-state index in [2.05, 4.69) is 9.72 Å². The number of hydrogen-bond acceptors (Lipinski definition) is 4. The van der Waals surface area contributed by atoms with Gasteiger partial charge in [0.05, 0.1) is 4.88 Å². The average molecular weight is 325 g/mol. The van der Waals surface area contributed by atoms with Crippen molar-refractivity contribution in [3.63, 3.8) is 0 Å². The second kappa shape index (κ2) is 5.94. The summed E-state index contributed by atoms with van der Waals surface area (Å²) in [5, 5.41) is 8.90. The maximum atomic E-state index is 12.4. The third-order valence-electron chi connectivity index (χ3n) is 2.46. The maximum absolute atomic E-state index is 12.4. The SMILES string of the molecule is OC(c1ccc(OC(F)F)cc1)c1cnc(C(F)(F)F)s1. The molecular formula is C12H8F5NO2S. The van der Waals surface area contributed by atoms with Crippen LogP contribution in [0.25, 0.3) is 0 Å². The molecule has 21 heavy (non-hydrogen) atoms. The van der Waals surface area contributed by atoms with Crippen molar-refractivity contribution in [3.05, 3.63) is 45.9 Å². The standard InChI is InChI=1S/C12H8F5NO2S/c13-11(14)20-7-3-1-6(2-4-7)9(19)8-5-18-10(21-8)12(15,16)17/h1-5,9,11,19H. The van der Waals surface area contributed by atoms with Crippen LogP contribution >= 0.6 is 11.3 Å². The van der Waals surface area contributed by atoms with Gasteiger partial charge in [-0.1, -0.05) is 12.1 Å². The predicted molar refractivity (Wildman–Crippen MR) is 64.3 cm³/mol. The van der Waals surface area contributed by atoms with Crippen molar-refractivity contribution < 1.29 is 31.8 Å². The molecule has 0 aliphatic rings. The Morgan fingerprint density at radius 2 is 1.76 bits per heavy atom. The number of aromatic nitrogens is 1. The molecule has 1 atom stereocenters. The minimum Gasteiger partial charge on any atom is -0.435 e. The van der Waals surface area contributed by atoms with Crippen molar-refractivity contribution in [1.29, 1.82) is 0 Å². The first-order valence-electron chi connectivity index (χ1n) is 5.53. The number of aliphatic hydroxyl groups is 1. The van der Waals surface area contributed by atoms with Crippen molar-refractivity contribution in [3.8, 4) is 5.75 Å². The molecule has 0 radical (unpaired) electrons. The first-order chi connectivity index (χ1) is 9.77. The van der Waals surface area contributed by atoms with Crippen molar-refractivity contribution in [2.45, 2.75) is 18.9 Å². The fourth-order valence-electron chi connectivity index (χ4n) is 1.54. The van der Waals surface area contributed by atoms with Crippen LogP contribution in [-0.4, -0.2) is 16.7 Å². The average Bonchev–Trinajstić information content (AvgIpc) is 2.87. The molecule has 1 aromatic carbocycles. The molecule has 114 valence electrons. The van der Waals surface area contributed by atoms with E-state index in [9.17, 15) is 27.1 Å². The molecule has 0 saturated carbocycles. The van der Waals surface area contributed by atoms with Crippen LogP contribution in [0.5, 0.6) is 5.75 Å². The first kappa shape index (κ1) is 15.6. The summed E-state index contributed by atoms with van der Waals surface area (Å²) in [6, 6.07) is 4.96. The monoisotopic (exact) mass is 325 g/mol. The molecule has 2 aromatic rings. The Kier molecular flexibility index (Phi) is 4.43. The van der Waals surface area contributed by atoms with Gasteiger partial charge in [-0.15, -0.1) is 11.3 Å². The highest BCUT2D eigenvalue weighted by atomic mass is 32.1. The molecule has 1 aromatic heterocycles. The molecule has 3 nitrogen and oxygen atoms in total. The number of hydrogen-bond donors (Lipinski definition) is 1. The zero-order valence-electron chi connectivity index (χ0n) is 10.1. The van der Waals surface area contributed by atoms with Crippen LogP contribution in [0.3, 0.4) is 0 Å². The molecule has 9 heteroatoms. The fourth-order valence-corrected chi connectivity index (χ4v) is 2.34. The number of aliphatic hydroxyl groups excluding tert-OH is 1. The minimum atomic E-state index is -4.57. The summed E-state index contributed by atoms with van der Waals surface area (Å²) < 4.78 is 65.3. The smallest absolute Gasteiger partial charge is 0.435 e. The summed E-state index contributed by atoms with van der Waals surface area (Å²) in [6.45, 7) is -2.98. The van der Waals surface area contributed by atoms with Gasteiger partial charge in [0.25, 0.3) is 0 Å². The highest BCUT2D eigenvalue weighted by Gasteiger charge is 2.35. The van der Waals surface area contributed by atoms with Gasteiger partial charge in [0.2, 0.25) is 0 Å². The molecule has 0 amide bonds. The summed E-state index contributed by atoms with van der Waals surface area (Å²) in [5.41, 5.74) is 0.244. The molecule has 0 fully saturated rings. The summed E-state index contributed by atoms with van der Waals surface area (Å²) in [6.07, 6.45) is -4.96. The lowest BCUT2D eigenvalue weighted by Gasteiger charge is -2.10. The Morgan fingerprint density at radius 1 is 1.14 bits per heavy atom. The molecule has 1 heterocycles. The number of nitrogens with zero attached hydrogens (tertiary/aromatic N) is 1.